The van der Waals surface area contributed by atoms with Crippen LogP contribution in [0.4, 0.5) is 4.39 Å². The third kappa shape index (κ3) is 3.21. The van der Waals surface area contributed by atoms with Gasteiger partial charge in [0.2, 0.25) is 5.91 Å². The molecule has 1 heterocycles. The van der Waals surface area contributed by atoms with Gasteiger partial charge in [-0.1, -0.05) is 0 Å². The van der Waals surface area contributed by atoms with Gasteiger partial charge >= 0.3 is 0 Å². The molecule has 0 spiro atoms. The number of aromatic nitrogens is 2. The molecule has 0 fully saturated rings. The molecule has 7 heteroatoms. The van der Waals surface area contributed by atoms with Crippen LogP contribution in [0.15, 0.2) is 16.6 Å². The van der Waals surface area contributed by atoms with Gasteiger partial charge in [-0.15, -0.1) is 11.6 Å². The van der Waals surface area contributed by atoms with Crippen molar-refractivity contribution in [3.63, 3.8) is 0 Å². The van der Waals surface area contributed by atoms with E-state index in [2.05, 4.69) is 20.9 Å². The fourth-order valence-electron chi connectivity index (χ4n) is 2.26. The van der Waals surface area contributed by atoms with Crippen molar-refractivity contribution in [2.75, 3.05) is 13.1 Å². The molecule has 1 aromatic carbocycles. The molecule has 0 radical (unpaired) electrons. The molecule has 0 aliphatic rings. The minimum Gasteiger partial charge on any atom is -0.342 e. The third-order valence-electron chi connectivity index (χ3n) is 3.40. The molecule has 114 valence electrons. The van der Waals surface area contributed by atoms with Crippen LogP contribution in [0.5, 0.6) is 0 Å². The minimum atomic E-state index is -0.386. The van der Waals surface area contributed by atoms with E-state index in [4.69, 9.17) is 11.6 Å². The van der Waals surface area contributed by atoms with Gasteiger partial charge in [-0.25, -0.2) is 9.37 Å². The number of carbonyl (C=O) groups excluding carboxylic acids is 1. The predicted molar refractivity (Wildman–Crippen MR) is 84.9 cm³/mol. The largest absolute Gasteiger partial charge is 0.342 e. The number of rotatable bonds is 5. The molecule has 0 N–H and O–H groups in total. The highest BCUT2D eigenvalue weighted by Crippen LogP contribution is 2.25. The Morgan fingerprint density at radius 3 is 2.67 bits per heavy atom. The fraction of sp³-hybridized carbons (Fsp3) is 0.429. The molecule has 0 aliphatic carbocycles. The summed E-state index contributed by atoms with van der Waals surface area (Å²) in [5.74, 6) is 0.332. The summed E-state index contributed by atoms with van der Waals surface area (Å²) in [6.45, 7) is 5.31. The molecule has 0 saturated heterocycles. The summed E-state index contributed by atoms with van der Waals surface area (Å²) in [6, 6.07) is 2.97. The van der Waals surface area contributed by atoms with Crippen molar-refractivity contribution >= 4 is 44.5 Å². The molecule has 1 aromatic heterocycles. The molecular weight excluding hydrogens is 361 g/mol. The second kappa shape index (κ2) is 6.75. The van der Waals surface area contributed by atoms with Gasteiger partial charge in [0.25, 0.3) is 0 Å². The lowest BCUT2D eigenvalue weighted by Gasteiger charge is -2.19. The van der Waals surface area contributed by atoms with E-state index >= 15 is 0 Å². The van der Waals surface area contributed by atoms with E-state index in [-0.39, 0.29) is 24.1 Å². The summed E-state index contributed by atoms with van der Waals surface area (Å²) >= 11 is 9.06. The molecule has 21 heavy (non-hydrogen) atoms. The average molecular weight is 377 g/mol. The molecule has 2 aromatic rings. The first-order valence-electron chi connectivity index (χ1n) is 6.69. The van der Waals surface area contributed by atoms with Crippen LogP contribution in [0.1, 0.15) is 19.7 Å². The predicted octanol–water partition coefficient (Wildman–Crippen LogP) is 3.55. The molecule has 0 aliphatic heterocycles. The summed E-state index contributed by atoms with van der Waals surface area (Å²) in [5, 5.41) is 0. The number of carbonyl (C=O) groups is 1. The maximum absolute atomic E-state index is 13.6. The Bertz CT molecular complexity index is 670. The topological polar surface area (TPSA) is 38.1 Å². The summed E-state index contributed by atoms with van der Waals surface area (Å²) in [4.78, 5) is 18.3. The van der Waals surface area contributed by atoms with Crippen LogP contribution >= 0.6 is 27.5 Å². The smallest absolute Gasteiger partial charge is 0.242 e. The highest BCUT2D eigenvalue weighted by molar-refractivity contribution is 9.10. The van der Waals surface area contributed by atoms with Crippen LogP contribution < -0.4 is 0 Å². The summed E-state index contributed by atoms with van der Waals surface area (Å²) in [6.07, 6.45) is 0. The molecule has 0 unspecified atom stereocenters. The summed E-state index contributed by atoms with van der Waals surface area (Å²) in [7, 11) is 0. The maximum atomic E-state index is 13.6. The van der Waals surface area contributed by atoms with E-state index < -0.39 is 0 Å². The monoisotopic (exact) mass is 375 g/mol. The van der Waals surface area contributed by atoms with Crippen molar-refractivity contribution in [1.82, 2.24) is 14.5 Å². The van der Waals surface area contributed by atoms with E-state index in [1.807, 2.05) is 13.8 Å². The standard InChI is InChI=1S/C14H16BrClFN3O/c1-3-19(4-2)14(21)8-20-12-5-9(15)10(17)6-11(12)18-13(20)7-16/h5-6H,3-4,7-8H2,1-2H3. The maximum Gasteiger partial charge on any atom is 0.242 e. The van der Waals surface area contributed by atoms with Gasteiger partial charge in [0.1, 0.15) is 18.2 Å². The third-order valence-corrected chi connectivity index (χ3v) is 4.25. The van der Waals surface area contributed by atoms with Crippen LogP contribution in [-0.2, 0) is 17.2 Å². The van der Waals surface area contributed by atoms with E-state index in [9.17, 15) is 9.18 Å². The Morgan fingerprint density at radius 1 is 1.43 bits per heavy atom. The lowest BCUT2D eigenvalue weighted by atomic mass is 10.3. The highest BCUT2D eigenvalue weighted by Gasteiger charge is 2.17. The number of benzene rings is 1. The van der Waals surface area contributed by atoms with Gasteiger partial charge < -0.3 is 9.47 Å². The van der Waals surface area contributed by atoms with E-state index in [1.165, 1.54) is 6.07 Å². The molecule has 0 saturated carbocycles. The SMILES string of the molecule is CCN(CC)C(=O)Cn1c(CCl)nc2cc(F)c(Br)cc21. The number of amides is 1. The second-order valence-electron chi connectivity index (χ2n) is 4.57. The van der Waals surface area contributed by atoms with Gasteiger partial charge in [-0.2, -0.15) is 0 Å². The zero-order valence-corrected chi connectivity index (χ0v) is 14.2. The lowest BCUT2D eigenvalue weighted by molar-refractivity contribution is -0.131. The number of hydrogen-bond donors (Lipinski definition) is 0. The number of imidazole rings is 1. The molecular formula is C14H16BrClFN3O. The second-order valence-corrected chi connectivity index (χ2v) is 5.69. The summed E-state index contributed by atoms with van der Waals surface area (Å²) < 4.78 is 15.7. The Balaban J connectivity index is 2.46. The van der Waals surface area contributed by atoms with Crippen LogP contribution in [-0.4, -0.2) is 33.4 Å². The van der Waals surface area contributed by atoms with Crippen molar-refractivity contribution in [3.05, 3.63) is 28.2 Å². The van der Waals surface area contributed by atoms with Crippen LogP contribution in [0.3, 0.4) is 0 Å². The van der Waals surface area contributed by atoms with Crippen molar-refractivity contribution < 1.29 is 9.18 Å². The van der Waals surface area contributed by atoms with Crippen LogP contribution in [0.2, 0.25) is 0 Å². The van der Waals surface area contributed by atoms with E-state index in [0.29, 0.717) is 34.4 Å². The quantitative estimate of drug-likeness (QED) is 0.749. The Labute approximate surface area is 136 Å². The number of fused-ring (bicyclic) bond motifs is 1. The van der Waals surface area contributed by atoms with Gasteiger partial charge in [0.05, 0.1) is 21.4 Å². The molecule has 2 rings (SSSR count). The van der Waals surface area contributed by atoms with Crippen molar-refractivity contribution in [2.24, 2.45) is 0 Å². The number of alkyl halides is 1. The summed E-state index contributed by atoms with van der Waals surface area (Å²) in [5.41, 5.74) is 1.19. The zero-order valence-electron chi connectivity index (χ0n) is 11.9. The number of hydrogen-bond acceptors (Lipinski definition) is 2. The first-order chi connectivity index (χ1) is 10.0. The Kier molecular flexibility index (Phi) is 5.22. The normalized spacial score (nSPS) is 11.1. The first kappa shape index (κ1) is 16.2. The highest BCUT2D eigenvalue weighted by atomic mass is 79.9. The zero-order chi connectivity index (χ0) is 15.6. The first-order valence-corrected chi connectivity index (χ1v) is 8.02. The Hall–Kier alpha value is -1.14. The number of likely N-dealkylation sites (N-methyl/N-ethyl adjacent to an activating group) is 1. The van der Waals surface area contributed by atoms with E-state index in [1.54, 1.807) is 15.5 Å². The van der Waals surface area contributed by atoms with Crippen molar-refractivity contribution in [1.29, 1.82) is 0 Å². The van der Waals surface area contributed by atoms with Crippen LogP contribution in [0.25, 0.3) is 11.0 Å². The van der Waals surface area contributed by atoms with E-state index in [0.717, 1.165) is 0 Å². The average Bonchev–Trinajstić information content (AvgIpc) is 2.78. The van der Waals surface area contributed by atoms with Gasteiger partial charge in [-0.3, -0.25) is 4.79 Å². The van der Waals surface area contributed by atoms with Gasteiger partial charge in [0, 0.05) is 19.2 Å². The molecule has 4 nitrogen and oxygen atoms in total. The van der Waals surface area contributed by atoms with Gasteiger partial charge in [-0.05, 0) is 35.8 Å². The lowest BCUT2D eigenvalue weighted by Crippen LogP contribution is -2.33. The van der Waals surface area contributed by atoms with Crippen molar-refractivity contribution in [2.45, 2.75) is 26.3 Å². The van der Waals surface area contributed by atoms with Crippen LogP contribution in [0, 0.1) is 5.82 Å². The van der Waals surface area contributed by atoms with Gasteiger partial charge in [0.15, 0.2) is 0 Å². The minimum absolute atomic E-state index is 0.00823. The molecule has 0 bridgehead atoms. The Morgan fingerprint density at radius 2 is 2.10 bits per heavy atom. The number of halogens is 3. The molecule has 0 atom stereocenters. The fourth-order valence-corrected chi connectivity index (χ4v) is 2.80. The number of nitrogens with zero attached hydrogens (tertiary/aromatic N) is 3. The molecule has 1 amide bonds. The van der Waals surface area contributed by atoms with Crippen molar-refractivity contribution in [3.8, 4) is 0 Å².